The second kappa shape index (κ2) is 5.52. The van der Waals surface area contributed by atoms with Crippen LogP contribution < -0.4 is 5.32 Å². The Labute approximate surface area is 123 Å². The van der Waals surface area contributed by atoms with Crippen molar-refractivity contribution < 1.29 is 9.53 Å². The van der Waals surface area contributed by atoms with Crippen LogP contribution in [0.5, 0.6) is 0 Å². The molecule has 1 amide bonds. The second-order valence-electron chi connectivity index (χ2n) is 4.25. The van der Waals surface area contributed by atoms with Crippen LogP contribution in [0.4, 0.5) is 10.5 Å². The van der Waals surface area contributed by atoms with E-state index in [9.17, 15) is 4.79 Å². The first-order chi connectivity index (χ1) is 7.28. The summed E-state index contributed by atoms with van der Waals surface area (Å²) in [5, 5.41) is 2.73. The molecule has 1 aromatic rings. The fourth-order valence-electron chi connectivity index (χ4n) is 1.01. The number of anilines is 1. The molecular formula is C11H13I2NO2. The number of halogens is 2. The molecule has 0 unspecified atom stereocenters. The molecule has 0 saturated carbocycles. The quantitative estimate of drug-likeness (QED) is 0.658. The lowest BCUT2D eigenvalue weighted by Gasteiger charge is -2.20. The van der Waals surface area contributed by atoms with E-state index in [2.05, 4.69) is 50.5 Å². The highest BCUT2D eigenvalue weighted by Crippen LogP contribution is 2.21. The Balaban J connectivity index is 2.73. The molecule has 1 aromatic carbocycles. The fraction of sp³-hybridized carbons (Fsp3) is 0.364. The maximum atomic E-state index is 11.6. The van der Waals surface area contributed by atoms with Gasteiger partial charge < -0.3 is 4.74 Å². The molecule has 0 aliphatic heterocycles. The lowest BCUT2D eigenvalue weighted by molar-refractivity contribution is 0.0636. The lowest BCUT2D eigenvalue weighted by atomic mass is 10.2. The summed E-state index contributed by atoms with van der Waals surface area (Å²) < 4.78 is 7.24. The number of carbonyl (C=O) groups is 1. The molecule has 0 fully saturated rings. The largest absolute Gasteiger partial charge is 0.444 e. The topological polar surface area (TPSA) is 38.3 Å². The number of hydrogen-bond donors (Lipinski definition) is 1. The molecule has 0 aromatic heterocycles. The third-order valence-corrected chi connectivity index (χ3v) is 3.18. The highest BCUT2D eigenvalue weighted by molar-refractivity contribution is 14.1. The van der Waals surface area contributed by atoms with Crippen LogP contribution in [0, 0.1) is 7.14 Å². The average Bonchev–Trinajstić information content (AvgIpc) is 2.08. The van der Waals surface area contributed by atoms with E-state index in [1.807, 2.05) is 39.0 Å². The smallest absolute Gasteiger partial charge is 0.412 e. The Morgan fingerprint density at radius 1 is 1.31 bits per heavy atom. The molecular weight excluding hydrogens is 432 g/mol. The zero-order valence-corrected chi connectivity index (χ0v) is 13.6. The highest BCUT2D eigenvalue weighted by Gasteiger charge is 2.16. The third kappa shape index (κ3) is 4.86. The van der Waals surface area contributed by atoms with Gasteiger partial charge in [-0.25, -0.2) is 4.79 Å². The Morgan fingerprint density at radius 3 is 2.50 bits per heavy atom. The van der Waals surface area contributed by atoms with Crippen LogP contribution in [-0.2, 0) is 4.74 Å². The van der Waals surface area contributed by atoms with Gasteiger partial charge in [-0.2, -0.15) is 0 Å². The molecule has 3 nitrogen and oxygen atoms in total. The van der Waals surface area contributed by atoms with Crippen LogP contribution in [0.25, 0.3) is 0 Å². The van der Waals surface area contributed by atoms with Crippen molar-refractivity contribution in [3.63, 3.8) is 0 Å². The van der Waals surface area contributed by atoms with Crippen molar-refractivity contribution in [1.29, 1.82) is 0 Å². The van der Waals surface area contributed by atoms with Crippen LogP contribution in [0.2, 0.25) is 0 Å². The van der Waals surface area contributed by atoms with Crippen LogP contribution in [0.15, 0.2) is 18.2 Å². The van der Waals surface area contributed by atoms with Gasteiger partial charge in [-0.1, -0.05) is 0 Å². The molecule has 0 atom stereocenters. The van der Waals surface area contributed by atoms with Gasteiger partial charge in [0, 0.05) is 7.14 Å². The number of amides is 1. The summed E-state index contributed by atoms with van der Waals surface area (Å²) in [6.45, 7) is 5.52. The van der Waals surface area contributed by atoms with Gasteiger partial charge in [-0.15, -0.1) is 0 Å². The third-order valence-electron chi connectivity index (χ3n) is 1.56. The molecule has 5 heteroatoms. The molecule has 0 radical (unpaired) electrons. The molecule has 1 N–H and O–H groups in total. The SMILES string of the molecule is CC(C)(C)OC(=O)Nc1cc(I)ccc1I. The van der Waals surface area contributed by atoms with Crippen LogP contribution >= 0.6 is 45.2 Å². The first-order valence-corrected chi connectivity index (χ1v) is 6.89. The predicted octanol–water partition coefficient (Wildman–Crippen LogP) is 4.24. The van der Waals surface area contributed by atoms with E-state index in [0.29, 0.717) is 0 Å². The standard InChI is InChI=1S/C11H13I2NO2/c1-11(2,3)16-10(15)14-9-6-7(12)4-5-8(9)13/h4-6H,1-3H3,(H,14,15). The lowest BCUT2D eigenvalue weighted by Crippen LogP contribution is -2.27. The molecule has 1 rings (SSSR count). The van der Waals surface area contributed by atoms with Gasteiger partial charge in [-0.3, -0.25) is 5.32 Å². The number of rotatable bonds is 1. The summed E-state index contributed by atoms with van der Waals surface area (Å²) in [7, 11) is 0. The Bertz CT molecular complexity index is 399. The maximum absolute atomic E-state index is 11.6. The summed E-state index contributed by atoms with van der Waals surface area (Å²) in [5.74, 6) is 0. The molecule has 16 heavy (non-hydrogen) atoms. The van der Waals surface area contributed by atoms with Gasteiger partial charge in [0.25, 0.3) is 0 Å². The Kier molecular flexibility index (Phi) is 4.84. The number of hydrogen-bond acceptors (Lipinski definition) is 2. The van der Waals surface area contributed by atoms with E-state index in [4.69, 9.17) is 4.74 Å². The van der Waals surface area contributed by atoms with Crippen molar-refractivity contribution in [2.75, 3.05) is 5.32 Å². The number of carbonyl (C=O) groups excluding carboxylic acids is 1. The summed E-state index contributed by atoms with van der Waals surface area (Å²) in [6.07, 6.45) is -0.424. The molecule has 0 aliphatic carbocycles. The monoisotopic (exact) mass is 445 g/mol. The van der Waals surface area contributed by atoms with Crippen molar-refractivity contribution in [3.05, 3.63) is 25.3 Å². The van der Waals surface area contributed by atoms with Gasteiger partial charge >= 0.3 is 6.09 Å². The normalized spacial score (nSPS) is 11.1. The van der Waals surface area contributed by atoms with Crippen molar-refractivity contribution >= 4 is 57.0 Å². The van der Waals surface area contributed by atoms with Gasteiger partial charge in [0.15, 0.2) is 0 Å². The summed E-state index contributed by atoms with van der Waals surface area (Å²) >= 11 is 4.38. The minimum atomic E-state index is -0.475. The van der Waals surface area contributed by atoms with E-state index in [1.165, 1.54) is 0 Å². The van der Waals surface area contributed by atoms with Crippen molar-refractivity contribution in [3.8, 4) is 0 Å². The van der Waals surface area contributed by atoms with Crippen LogP contribution in [-0.4, -0.2) is 11.7 Å². The van der Waals surface area contributed by atoms with Crippen molar-refractivity contribution in [2.24, 2.45) is 0 Å². The highest BCUT2D eigenvalue weighted by atomic mass is 127. The number of ether oxygens (including phenoxy) is 1. The molecule has 0 heterocycles. The minimum Gasteiger partial charge on any atom is -0.444 e. The van der Waals surface area contributed by atoms with Crippen LogP contribution in [0.3, 0.4) is 0 Å². The number of nitrogens with one attached hydrogen (secondary N) is 1. The zero-order chi connectivity index (χ0) is 12.3. The molecule has 0 saturated heterocycles. The molecule has 0 aliphatic rings. The first-order valence-electron chi connectivity index (χ1n) is 4.73. The first kappa shape index (κ1) is 14.0. The maximum Gasteiger partial charge on any atom is 0.412 e. The van der Waals surface area contributed by atoms with Gasteiger partial charge in [0.2, 0.25) is 0 Å². The van der Waals surface area contributed by atoms with E-state index < -0.39 is 11.7 Å². The Hall–Kier alpha value is -0.0500. The Morgan fingerprint density at radius 2 is 1.94 bits per heavy atom. The second-order valence-corrected chi connectivity index (χ2v) is 6.66. The number of benzene rings is 1. The molecule has 0 spiro atoms. The van der Waals surface area contributed by atoms with Crippen molar-refractivity contribution in [1.82, 2.24) is 0 Å². The van der Waals surface area contributed by atoms with E-state index in [-0.39, 0.29) is 0 Å². The minimum absolute atomic E-state index is 0.424. The fourth-order valence-corrected chi connectivity index (χ4v) is 1.97. The van der Waals surface area contributed by atoms with E-state index in [0.717, 1.165) is 12.8 Å². The summed E-state index contributed by atoms with van der Waals surface area (Å²) in [4.78, 5) is 11.6. The van der Waals surface area contributed by atoms with Gasteiger partial charge in [-0.05, 0) is 84.2 Å². The zero-order valence-electron chi connectivity index (χ0n) is 9.30. The predicted molar refractivity (Wildman–Crippen MR) is 81.7 cm³/mol. The molecule has 88 valence electrons. The average molecular weight is 445 g/mol. The van der Waals surface area contributed by atoms with Gasteiger partial charge in [0.05, 0.1) is 5.69 Å². The van der Waals surface area contributed by atoms with Crippen molar-refractivity contribution in [2.45, 2.75) is 26.4 Å². The molecule has 0 bridgehead atoms. The summed E-state index contributed by atoms with van der Waals surface area (Å²) in [6, 6.07) is 5.85. The summed E-state index contributed by atoms with van der Waals surface area (Å²) in [5.41, 5.74) is 0.305. The van der Waals surface area contributed by atoms with E-state index >= 15 is 0 Å². The van der Waals surface area contributed by atoms with E-state index in [1.54, 1.807) is 0 Å². The van der Waals surface area contributed by atoms with Gasteiger partial charge in [0.1, 0.15) is 5.60 Å². The van der Waals surface area contributed by atoms with Crippen LogP contribution in [0.1, 0.15) is 20.8 Å².